The van der Waals surface area contributed by atoms with E-state index in [1.165, 1.54) is 25.7 Å². The van der Waals surface area contributed by atoms with Gasteiger partial charge >= 0.3 is 0 Å². The highest BCUT2D eigenvalue weighted by atomic mass is 32.2. The predicted molar refractivity (Wildman–Crippen MR) is 130 cm³/mol. The minimum Gasteiger partial charge on any atom is -0.494 e. The molecule has 1 fully saturated rings. The lowest BCUT2D eigenvalue weighted by Gasteiger charge is -2.31. The van der Waals surface area contributed by atoms with Crippen molar-refractivity contribution < 1.29 is 4.74 Å². The van der Waals surface area contributed by atoms with Gasteiger partial charge in [-0.3, -0.25) is 0 Å². The number of hydrogen-bond donors (Lipinski definition) is 1. The topological polar surface area (TPSA) is 95.2 Å². The van der Waals surface area contributed by atoms with Crippen LogP contribution < -0.4 is 10.5 Å². The maximum Gasteiger partial charge on any atom is 0.175 e. The first-order chi connectivity index (χ1) is 15.0. The second-order valence-corrected chi connectivity index (χ2v) is 11.2. The second kappa shape index (κ2) is 9.76. The van der Waals surface area contributed by atoms with Gasteiger partial charge < -0.3 is 10.5 Å². The van der Waals surface area contributed by atoms with E-state index in [2.05, 4.69) is 32.9 Å². The zero-order valence-electron chi connectivity index (χ0n) is 18.7. The molecule has 2 N–H and O–H groups in total. The summed E-state index contributed by atoms with van der Waals surface area (Å²) < 4.78 is 5.14. The molecule has 0 saturated heterocycles. The van der Waals surface area contributed by atoms with Crippen LogP contribution >= 0.6 is 23.5 Å². The maximum atomic E-state index is 10.4. The lowest BCUT2D eigenvalue weighted by atomic mass is 9.97. The van der Waals surface area contributed by atoms with Gasteiger partial charge in [0.1, 0.15) is 22.4 Å². The van der Waals surface area contributed by atoms with E-state index in [1.807, 2.05) is 24.3 Å². The normalized spacial score (nSPS) is 27.6. The Morgan fingerprint density at radius 3 is 2.19 bits per heavy atom. The van der Waals surface area contributed by atoms with Crippen LogP contribution in [-0.4, -0.2) is 28.2 Å². The summed E-state index contributed by atoms with van der Waals surface area (Å²) in [5, 5.41) is 20.6. The number of nitrogens with zero attached hydrogens (tertiary/aromatic N) is 3. The third-order valence-corrected chi connectivity index (χ3v) is 9.23. The largest absolute Gasteiger partial charge is 0.494 e. The van der Waals surface area contributed by atoms with E-state index in [4.69, 9.17) is 15.5 Å². The van der Waals surface area contributed by atoms with Gasteiger partial charge in [-0.25, -0.2) is 4.99 Å². The van der Waals surface area contributed by atoms with Gasteiger partial charge in [-0.05, 0) is 35.6 Å². The van der Waals surface area contributed by atoms with Gasteiger partial charge in [-0.2, -0.15) is 10.5 Å². The Bertz CT molecular complexity index is 882. The zero-order valence-corrected chi connectivity index (χ0v) is 20.3. The zero-order chi connectivity index (χ0) is 22.5. The molecule has 0 spiro atoms. The van der Waals surface area contributed by atoms with Crippen molar-refractivity contribution in [1.29, 1.82) is 10.5 Å². The molecule has 1 heterocycles. The Balaban J connectivity index is 1.81. The van der Waals surface area contributed by atoms with E-state index in [0.29, 0.717) is 12.4 Å². The highest BCUT2D eigenvalue weighted by molar-refractivity contribution is 8.18. The van der Waals surface area contributed by atoms with Gasteiger partial charge in [0, 0.05) is 5.92 Å². The van der Waals surface area contributed by atoms with E-state index in [0.717, 1.165) is 29.2 Å². The van der Waals surface area contributed by atoms with Gasteiger partial charge in [0.25, 0.3) is 0 Å². The summed E-state index contributed by atoms with van der Waals surface area (Å²) in [6, 6.07) is 12.8. The van der Waals surface area contributed by atoms with Crippen molar-refractivity contribution >= 4 is 29.4 Å². The third kappa shape index (κ3) is 3.60. The molecule has 1 aromatic carbocycles. The Labute approximate surface area is 194 Å². The van der Waals surface area contributed by atoms with Crippen LogP contribution in [-0.2, 0) is 0 Å². The fraction of sp³-hybridized carbons (Fsp3) is 0.625. The molecule has 0 aromatic heterocycles. The molecule has 0 radical (unpaired) electrons. The molecule has 1 saturated carbocycles. The number of amidine groups is 1. The molecule has 1 aromatic rings. The van der Waals surface area contributed by atoms with E-state index in [9.17, 15) is 10.5 Å². The van der Waals surface area contributed by atoms with Crippen molar-refractivity contribution in [2.24, 2.45) is 21.6 Å². The predicted octanol–water partition coefficient (Wildman–Crippen LogP) is 5.68. The Hall–Kier alpha value is -1.83. The van der Waals surface area contributed by atoms with Crippen LogP contribution in [0.5, 0.6) is 5.75 Å². The van der Waals surface area contributed by atoms with Gasteiger partial charge in [-0.15, -0.1) is 23.5 Å². The van der Waals surface area contributed by atoms with Crippen LogP contribution in [0.25, 0.3) is 0 Å². The Kier molecular flexibility index (Phi) is 7.50. The number of hydrogen-bond acceptors (Lipinski definition) is 7. The molecule has 5 nitrogen and oxygen atoms in total. The number of aliphatic imine (C=N–C) groups is 1. The molecule has 0 amide bonds. The second-order valence-electron chi connectivity index (χ2n) is 8.05. The molecule has 31 heavy (non-hydrogen) atoms. The highest BCUT2D eigenvalue weighted by Gasteiger charge is 2.91. The van der Waals surface area contributed by atoms with Crippen LogP contribution in [0.3, 0.4) is 0 Å². The molecule has 1 aliphatic carbocycles. The van der Waals surface area contributed by atoms with Crippen LogP contribution in [0.2, 0.25) is 0 Å². The summed E-state index contributed by atoms with van der Waals surface area (Å²) in [5.74, 6) is 2.43. The van der Waals surface area contributed by atoms with Crippen LogP contribution in [0.1, 0.15) is 64.4 Å². The quantitative estimate of drug-likeness (QED) is 0.321. The lowest BCUT2D eigenvalue weighted by Crippen LogP contribution is -2.31. The van der Waals surface area contributed by atoms with Crippen molar-refractivity contribution in [3.05, 3.63) is 29.8 Å². The van der Waals surface area contributed by atoms with Crippen LogP contribution in [0.15, 0.2) is 29.3 Å². The third-order valence-electron chi connectivity index (χ3n) is 6.34. The monoisotopic (exact) mass is 456 g/mol. The number of unbranched alkanes of at least 4 members (excludes halogenated alkanes) is 4. The van der Waals surface area contributed by atoms with Gasteiger partial charge in [-0.1, -0.05) is 58.6 Å². The molecule has 1 aliphatic heterocycles. The lowest BCUT2D eigenvalue weighted by molar-refractivity contribution is 0.304. The molecule has 0 bridgehead atoms. The van der Waals surface area contributed by atoms with E-state index in [-0.39, 0.29) is 5.92 Å². The Morgan fingerprint density at radius 1 is 1.00 bits per heavy atom. The van der Waals surface area contributed by atoms with E-state index >= 15 is 0 Å². The van der Waals surface area contributed by atoms with Gasteiger partial charge in [0.05, 0.1) is 18.7 Å². The SMILES string of the molecule is CCCCCCCOc1ccc(C2C3(C#N)C(N)=NC(SCC)(SCC)C23C#N)cc1. The molecular formula is C24H32N4OS2. The first-order valence-corrected chi connectivity index (χ1v) is 13.2. The minimum atomic E-state index is -1.06. The van der Waals surface area contributed by atoms with Crippen molar-refractivity contribution in [1.82, 2.24) is 0 Å². The van der Waals surface area contributed by atoms with Crippen LogP contribution in [0, 0.1) is 33.5 Å². The number of ether oxygens (including phenoxy) is 1. The summed E-state index contributed by atoms with van der Waals surface area (Å²) in [7, 11) is 0. The molecule has 166 valence electrons. The number of benzene rings is 1. The molecule has 3 atom stereocenters. The summed E-state index contributed by atoms with van der Waals surface area (Å²) in [6.45, 7) is 7.03. The van der Waals surface area contributed by atoms with E-state index in [1.54, 1.807) is 23.5 Å². The van der Waals surface area contributed by atoms with Crippen molar-refractivity contribution in [2.45, 2.75) is 63.0 Å². The molecule has 3 unspecified atom stereocenters. The van der Waals surface area contributed by atoms with Crippen molar-refractivity contribution in [2.75, 3.05) is 18.1 Å². The fourth-order valence-electron chi connectivity index (χ4n) is 4.90. The number of fused-ring (bicyclic) bond motifs is 1. The van der Waals surface area contributed by atoms with Gasteiger partial charge in [0.15, 0.2) is 4.20 Å². The molecule has 7 heteroatoms. The summed E-state index contributed by atoms with van der Waals surface area (Å²) in [5.41, 5.74) is 5.30. The summed E-state index contributed by atoms with van der Waals surface area (Å²) >= 11 is 3.24. The molecule has 2 aliphatic rings. The molecule has 3 rings (SSSR count). The van der Waals surface area contributed by atoms with Crippen LogP contribution in [0.4, 0.5) is 0 Å². The maximum absolute atomic E-state index is 10.4. The number of nitrogens with two attached hydrogens (primary N) is 1. The summed E-state index contributed by atoms with van der Waals surface area (Å²) in [6.07, 6.45) is 6.01. The highest BCUT2D eigenvalue weighted by Crippen LogP contribution is 2.85. The number of nitriles is 2. The van der Waals surface area contributed by atoms with Crippen molar-refractivity contribution in [3.8, 4) is 17.9 Å². The number of rotatable bonds is 12. The standard InChI is InChI=1S/C24H32N4OS2/c1-4-7-8-9-10-15-29-19-13-11-18(12-14-19)20-22(16-25)21(27)28-24(30-5-2,31-6-3)23(20,22)17-26/h11-14,20H,4-10,15H2,1-3H3,(H2,27,28). The summed E-state index contributed by atoms with van der Waals surface area (Å²) in [4.78, 5) is 4.73. The first kappa shape index (κ1) is 23.8. The fourth-order valence-corrected chi connectivity index (χ4v) is 8.15. The average molecular weight is 457 g/mol. The minimum absolute atomic E-state index is 0.284. The molecular weight excluding hydrogens is 424 g/mol. The first-order valence-electron chi connectivity index (χ1n) is 11.2. The average Bonchev–Trinajstić information content (AvgIpc) is 3.36. The number of thioether (sulfide) groups is 2. The van der Waals surface area contributed by atoms with Gasteiger partial charge in [0.2, 0.25) is 0 Å². The smallest absolute Gasteiger partial charge is 0.175 e. The van der Waals surface area contributed by atoms with Crippen molar-refractivity contribution in [3.63, 3.8) is 0 Å². The Morgan fingerprint density at radius 2 is 1.65 bits per heavy atom. The van der Waals surface area contributed by atoms with E-state index < -0.39 is 15.0 Å².